The number of hydrogen-bond acceptors (Lipinski definition) is 4. The van der Waals surface area contributed by atoms with Crippen molar-refractivity contribution in [3.05, 3.63) is 29.8 Å². The van der Waals surface area contributed by atoms with Gasteiger partial charge in [-0.15, -0.1) is 12.4 Å². The molecule has 1 aliphatic heterocycles. The average molecular weight is 388 g/mol. The van der Waals surface area contributed by atoms with Crippen LogP contribution >= 0.6 is 12.4 Å². The molecule has 3 rings (SSSR count). The van der Waals surface area contributed by atoms with Crippen molar-refractivity contribution < 1.29 is 13.2 Å². The van der Waals surface area contributed by atoms with Crippen molar-refractivity contribution >= 4 is 28.3 Å². The Morgan fingerprint density at radius 3 is 2.48 bits per heavy atom. The molecule has 2 N–H and O–H groups in total. The fourth-order valence-electron chi connectivity index (χ4n) is 3.15. The number of carbonyl (C=O) groups is 1. The summed E-state index contributed by atoms with van der Waals surface area (Å²) in [6.07, 6.45) is 3.95. The molecule has 1 amide bonds. The largest absolute Gasteiger partial charge is 0.338 e. The number of likely N-dealkylation sites (tertiary alicyclic amines) is 1. The van der Waals surface area contributed by atoms with Crippen LogP contribution in [-0.4, -0.2) is 51.9 Å². The molecule has 1 heterocycles. The molecule has 140 valence electrons. The minimum atomic E-state index is -3.46. The van der Waals surface area contributed by atoms with Crippen molar-refractivity contribution in [2.24, 2.45) is 5.92 Å². The second kappa shape index (κ2) is 8.49. The number of halogens is 1. The lowest BCUT2D eigenvalue weighted by Crippen LogP contribution is -2.42. The summed E-state index contributed by atoms with van der Waals surface area (Å²) < 4.78 is 27.0. The first-order valence-electron chi connectivity index (χ1n) is 8.56. The highest BCUT2D eigenvalue weighted by Crippen LogP contribution is 2.23. The first-order valence-corrected chi connectivity index (χ1v) is 10.0. The molecule has 8 heteroatoms. The average Bonchev–Trinajstić information content (AvgIpc) is 3.38. The van der Waals surface area contributed by atoms with E-state index in [0.29, 0.717) is 11.5 Å². The maximum atomic E-state index is 12.6. The van der Waals surface area contributed by atoms with E-state index in [1.54, 1.807) is 12.1 Å². The number of sulfonamides is 1. The molecular formula is C17H26ClN3O3S. The Bertz CT molecular complexity index is 688. The van der Waals surface area contributed by atoms with Gasteiger partial charge in [0, 0.05) is 24.7 Å². The molecule has 1 unspecified atom stereocenters. The fourth-order valence-corrected chi connectivity index (χ4v) is 4.46. The van der Waals surface area contributed by atoms with Crippen molar-refractivity contribution in [2.75, 3.05) is 26.7 Å². The summed E-state index contributed by atoms with van der Waals surface area (Å²) in [4.78, 5) is 14.7. The number of benzene rings is 1. The minimum absolute atomic E-state index is 0. The fraction of sp³-hybridized carbons (Fsp3) is 0.588. The van der Waals surface area contributed by atoms with Crippen LogP contribution in [-0.2, 0) is 10.0 Å². The third-order valence-corrected chi connectivity index (χ3v) is 6.15. The van der Waals surface area contributed by atoms with Crippen LogP contribution in [0.4, 0.5) is 0 Å². The maximum absolute atomic E-state index is 12.6. The van der Waals surface area contributed by atoms with Crippen molar-refractivity contribution in [3.8, 4) is 0 Å². The smallest absolute Gasteiger partial charge is 0.253 e. The number of nitrogens with one attached hydrogen (secondary N) is 2. The molecule has 2 aliphatic rings. The van der Waals surface area contributed by atoms with E-state index in [4.69, 9.17) is 0 Å². The van der Waals surface area contributed by atoms with Crippen molar-refractivity contribution in [1.82, 2.24) is 14.9 Å². The van der Waals surface area contributed by atoms with Crippen LogP contribution in [0.1, 0.15) is 36.0 Å². The van der Waals surface area contributed by atoms with Crippen LogP contribution < -0.4 is 10.0 Å². The molecule has 2 fully saturated rings. The number of piperidine rings is 1. The van der Waals surface area contributed by atoms with E-state index in [-0.39, 0.29) is 29.3 Å². The third kappa shape index (κ3) is 5.17. The Labute approximate surface area is 155 Å². The normalized spacial score (nSPS) is 20.8. The van der Waals surface area contributed by atoms with Gasteiger partial charge in [-0.1, -0.05) is 0 Å². The lowest BCUT2D eigenvalue weighted by atomic mass is 9.97. The number of amides is 1. The van der Waals surface area contributed by atoms with Gasteiger partial charge in [-0.2, -0.15) is 0 Å². The zero-order chi connectivity index (χ0) is 17.2. The molecule has 0 aromatic heterocycles. The van der Waals surface area contributed by atoms with E-state index in [0.717, 1.165) is 45.3 Å². The summed E-state index contributed by atoms with van der Waals surface area (Å²) >= 11 is 0. The predicted octanol–water partition coefficient (Wildman–Crippen LogP) is 1.62. The topological polar surface area (TPSA) is 78.5 Å². The number of nitrogens with zero attached hydrogens (tertiary/aromatic N) is 1. The van der Waals surface area contributed by atoms with Crippen LogP contribution in [0.15, 0.2) is 29.2 Å². The number of hydrogen-bond donors (Lipinski definition) is 2. The van der Waals surface area contributed by atoms with Gasteiger partial charge in [-0.25, -0.2) is 13.1 Å². The van der Waals surface area contributed by atoms with E-state index in [2.05, 4.69) is 10.0 Å². The summed E-state index contributed by atoms with van der Waals surface area (Å²) in [5.74, 6) is 0.463. The first kappa shape index (κ1) is 20.2. The Balaban J connectivity index is 0.00000225. The summed E-state index contributed by atoms with van der Waals surface area (Å²) in [5, 5.41) is 3.17. The van der Waals surface area contributed by atoms with Crippen LogP contribution in [0.2, 0.25) is 0 Å². The quantitative estimate of drug-likeness (QED) is 0.777. The van der Waals surface area contributed by atoms with E-state index in [1.165, 1.54) is 12.1 Å². The zero-order valence-corrected chi connectivity index (χ0v) is 16.0. The van der Waals surface area contributed by atoms with E-state index in [1.807, 2.05) is 11.9 Å². The lowest BCUT2D eigenvalue weighted by Gasteiger charge is -2.32. The number of rotatable bonds is 6. The van der Waals surface area contributed by atoms with Gasteiger partial charge in [0.05, 0.1) is 4.90 Å². The standard InChI is InChI=1S/C17H25N3O3S.ClH/c1-18-11-13-3-2-10-20(12-13)17(21)14-4-8-16(9-5-14)24(22,23)19-15-6-7-15;/h4-5,8-9,13,15,18-19H,2-3,6-7,10-12H2,1H3;1H. The zero-order valence-electron chi connectivity index (χ0n) is 14.4. The van der Waals surface area contributed by atoms with Crippen LogP contribution in [0.5, 0.6) is 0 Å². The lowest BCUT2D eigenvalue weighted by molar-refractivity contribution is 0.0674. The van der Waals surface area contributed by atoms with Crippen LogP contribution in [0.3, 0.4) is 0 Å². The molecule has 1 atom stereocenters. The molecule has 1 aromatic rings. The molecule has 1 saturated heterocycles. The molecule has 0 radical (unpaired) electrons. The van der Waals surface area contributed by atoms with E-state index in [9.17, 15) is 13.2 Å². The summed E-state index contributed by atoms with van der Waals surface area (Å²) in [6.45, 7) is 2.43. The maximum Gasteiger partial charge on any atom is 0.253 e. The molecule has 25 heavy (non-hydrogen) atoms. The first-order chi connectivity index (χ1) is 11.5. The second-order valence-electron chi connectivity index (χ2n) is 6.74. The SMILES string of the molecule is CNCC1CCCN(C(=O)c2ccc(S(=O)(=O)NC3CC3)cc2)C1.Cl. The molecule has 0 bridgehead atoms. The summed E-state index contributed by atoms with van der Waals surface area (Å²) in [7, 11) is -1.54. The van der Waals surface area contributed by atoms with Gasteiger partial charge in [0.1, 0.15) is 0 Å². The second-order valence-corrected chi connectivity index (χ2v) is 8.45. The van der Waals surface area contributed by atoms with Crippen molar-refractivity contribution in [1.29, 1.82) is 0 Å². The monoisotopic (exact) mass is 387 g/mol. The highest BCUT2D eigenvalue weighted by Gasteiger charge is 2.28. The third-order valence-electron chi connectivity index (χ3n) is 4.61. The highest BCUT2D eigenvalue weighted by molar-refractivity contribution is 7.89. The van der Waals surface area contributed by atoms with Crippen LogP contribution in [0.25, 0.3) is 0 Å². The summed E-state index contributed by atoms with van der Waals surface area (Å²) in [5.41, 5.74) is 0.547. The van der Waals surface area contributed by atoms with Gasteiger partial charge in [0.25, 0.3) is 5.91 Å². The Morgan fingerprint density at radius 1 is 1.20 bits per heavy atom. The number of carbonyl (C=O) groups excluding carboxylic acids is 1. The van der Waals surface area contributed by atoms with Gasteiger partial charge in [-0.3, -0.25) is 4.79 Å². The van der Waals surface area contributed by atoms with Crippen LogP contribution in [0, 0.1) is 5.92 Å². The molecule has 0 spiro atoms. The predicted molar refractivity (Wildman–Crippen MR) is 99.6 cm³/mol. The Hall–Kier alpha value is -1.15. The summed E-state index contributed by atoms with van der Waals surface area (Å²) in [6, 6.07) is 6.35. The minimum Gasteiger partial charge on any atom is -0.338 e. The van der Waals surface area contributed by atoms with Gasteiger partial charge in [0.2, 0.25) is 10.0 Å². The van der Waals surface area contributed by atoms with E-state index >= 15 is 0 Å². The van der Waals surface area contributed by atoms with Crippen molar-refractivity contribution in [3.63, 3.8) is 0 Å². The van der Waals surface area contributed by atoms with Gasteiger partial charge in [-0.05, 0) is 69.5 Å². The molecule has 6 nitrogen and oxygen atoms in total. The molecule has 1 saturated carbocycles. The van der Waals surface area contributed by atoms with Gasteiger partial charge < -0.3 is 10.2 Å². The van der Waals surface area contributed by atoms with E-state index < -0.39 is 10.0 Å². The highest BCUT2D eigenvalue weighted by atomic mass is 35.5. The molecule has 1 aliphatic carbocycles. The van der Waals surface area contributed by atoms with Gasteiger partial charge >= 0.3 is 0 Å². The molecular weight excluding hydrogens is 362 g/mol. The van der Waals surface area contributed by atoms with Crippen molar-refractivity contribution in [2.45, 2.75) is 36.6 Å². The molecule has 1 aromatic carbocycles. The Kier molecular flexibility index (Phi) is 6.85. The van der Waals surface area contributed by atoms with Gasteiger partial charge in [0.15, 0.2) is 0 Å². The Morgan fingerprint density at radius 2 is 1.88 bits per heavy atom.